The van der Waals surface area contributed by atoms with Crippen LogP contribution in [0.4, 0.5) is 18.0 Å². The molecule has 1 aliphatic heterocycles. The minimum absolute atomic E-state index is 0.0783. The maximum absolute atomic E-state index is 13.9. The fraction of sp³-hybridized carbons (Fsp3) is 0.190. The summed E-state index contributed by atoms with van der Waals surface area (Å²) in [5, 5.41) is 4.18. The third-order valence-corrected chi connectivity index (χ3v) is 5.15. The largest absolute Gasteiger partial charge is 0.440 e. The van der Waals surface area contributed by atoms with Crippen LogP contribution in [0.2, 0.25) is 0 Å². The van der Waals surface area contributed by atoms with Crippen LogP contribution in [-0.4, -0.2) is 46.1 Å². The van der Waals surface area contributed by atoms with Crippen LogP contribution < -0.4 is 10.6 Å². The highest BCUT2D eigenvalue weighted by Gasteiger charge is 2.68. The van der Waals surface area contributed by atoms with Gasteiger partial charge in [0, 0.05) is 29.2 Å². The number of amides is 4. The molecular weight excluding hydrogens is 413 g/mol. The zero-order valence-electron chi connectivity index (χ0n) is 16.0. The van der Waals surface area contributed by atoms with Crippen molar-refractivity contribution in [2.24, 2.45) is 0 Å². The molecule has 31 heavy (non-hydrogen) atoms. The van der Waals surface area contributed by atoms with Gasteiger partial charge in [0.25, 0.3) is 17.5 Å². The maximum atomic E-state index is 13.9. The number of imide groups is 1. The molecule has 0 spiro atoms. The smallest absolute Gasteiger partial charge is 0.361 e. The first-order valence-corrected chi connectivity index (χ1v) is 9.36. The molecule has 10 heteroatoms. The monoisotopic (exact) mass is 430 g/mol. The number of nitrogens with zero attached hydrogens (tertiary/aromatic N) is 1. The molecule has 2 heterocycles. The summed E-state index contributed by atoms with van der Waals surface area (Å²) < 4.78 is 41.8. The van der Waals surface area contributed by atoms with Crippen molar-refractivity contribution in [3.8, 4) is 0 Å². The van der Waals surface area contributed by atoms with Gasteiger partial charge in [-0.15, -0.1) is 0 Å². The number of hydrogen-bond donors (Lipinski definition) is 3. The topological polar surface area (TPSA) is 94.3 Å². The van der Waals surface area contributed by atoms with E-state index in [1.165, 1.54) is 24.3 Å². The van der Waals surface area contributed by atoms with E-state index in [-0.39, 0.29) is 18.5 Å². The van der Waals surface area contributed by atoms with E-state index >= 15 is 0 Å². The van der Waals surface area contributed by atoms with Crippen molar-refractivity contribution in [2.75, 3.05) is 6.54 Å². The van der Waals surface area contributed by atoms with Crippen LogP contribution in [0, 0.1) is 0 Å². The molecule has 0 saturated carbocycles. The molecule has 2 aromatic carbocycles. The van der Waals surface area contributed by atoms with Gasteiger partial charge in [0.2, 0.25) is 0 Å². The number of aromatic amines is 1. The summed E-state index contributed by atoms with van der Waals surface area (Å²) >= 11 is 0. The molecule has 3 aromatic rings. The quantitative estimate of drug-likeness (QED) is 0.544. The van der Waals surface area contributed by atoms with Crippen molar-refractivity contribution in [3.63, 3.8) is 0 Å². The lowest BCUT2D eigenvalue weighted by Gasteiger charge is -2.29. The number of carbonyl (C=O) groups is 3. The van der Waals surface area contributed by atoms with Gasteiger partial charge in [0.05, 0.1) is 0 Å². The zero-order valence-corrected chi connectivity index (χ0v) is 16.0. The van der Waals surface area contributed by atoms with Crippen LogP contribution in [0.5, 0.6) is 0 Å². The van der Waals surface area contributed by atoms with E-state index in [9.17, 15) is 27.6 Å². The van der Waals surface area contributed by atoms with Crippen molar-refractivity contribution < 1.29 is 27.6 Å². The molecule has 3 N–H and O–H groups in total. The minimum atomic E-state index is -5.25. The molecule has 1 aromatic heterocycles. The summed E-state index contributed by atoms with van der Waals surface area (Å²) in [7, 11) is 0. The Labute approximate surface area is 174 Å². The average molecular weight is 430 g/mol. The molecule has 0 bridgehead atoms. The number of benzene rings is 2. The van der Waals surface area contributed by atoms with Crippen LogP contribution in [0.25, 0.3) is 10.9 Å². The Morgan fingerprint density at radius 2 is 1.71 bits per heavy atom. The second kappa shape index (κ2) is 7.46. The molecule has 1 fully saturated rings. The summed E-state index contributed by atoms with van der Waals surface area (Å²) in [4.78, 5) is 41.0. The second-order valence-electron chi connectivity index (χ2n) is 7.06. The van der Waals surface area contributed by atoms with E-state index in [0.717, 1.165) is 16.5 Å². The molecule has 1 saturated heterocycles. The summed E-state index contributed by atoms with van der Waals surface area (Å²) in [5.41, 5.74) is -2.04. The number of aromatic nitrogens is 1. The van der Waals surface area contributed by atoms with E-state index < -0.39 is 29.7 Å². The molecule has 7 nitrogen and oxygen atoms in total. The fourth-order valence-corrected chi connectivity index (χ4v) is 3.53. The third-order valence-electron chi connectivity index (χ3n) is 5.15. The Balaban J connectivity index is 1.58. The van der Waals surface area contributed by atoms with Gasteiger partial charge in [-0.25, -0.2) is 4.79 Å². The van der Waals surface area contributed by atoms with Crippen molar-refractivity contribution >= 4 is 28.7 Å². The van der Waals surface area contributed by atoms with Crippen LogP contribution in [0.15, 0.2) is 60.8 Å². The minimum Gasteiger partial charge on any atom is -0.361 e. The predicted molar refractivity (Wildman–Crippen MR) is 105 cm³/mol. The number of rotatable bonds is 5. The normalized spacial score (nSPS) is 19.0. The summed E-state index contributed by atoms with van der Waals surface area (Å²) in [6.07, 6.45) is -3.43. The van der Waals surface area contributed by atoms with E-state index in [1.807, 2.05) is 18.2 Å². The average Bonchev–Trinajstić information content (AvgIpc) is 3.26. The second-order valence-corrected chi connectivity index (χ2v) is 7.06. The van der Waals surface area contributed by atoms with Gasteiger partial charge >= 0.3 is 12.2 Å². The highest BCUT2D eigenvalue weighted by Crippen LogP contribution is 2.34. The summed E-state index contributed by atoms with van der Waals surface area (Å²) in [6.45, 7) is -0.286. The first kappa shape index (κ1) is 20.5. The van der Waals surface area contributed by atoms with E-state index in [2.05, 4.69) is 4.98 Å². The van der Waals surface area contributed by atoms with Gasteiger partial charge in [-0.1, -0.05) is 36.4 Å². The van der Waals surface area contributed by atoms with Gasteiger partial charge in [-0.05, 0) is 30.2 Å². The SMILES string of the molecule is O=C(N[C@@]1(C(F)(F)F)NC(=O)N(CCc2c[nH]c3ccccc23)C1=O)c1ccccc1. The maximum Gasteiger partial charge on any atom is 0.440 e. The Morgan fingerprint density at radius 3 is 2.42 bits per heavy atom. The number of urea groups is 1. The number of para-hydroxylation sites is 1. The molecule has 4 rings (SSSR count). The van der Waals surface area contributed by atoms with Crippen LogP contribution in [0.3, 0.4) is 0 Å². The van der Waals surface area contributed by atoms with Gasteiger partial charge in [-0.2, -0.15) is 13.2 Å². The summed E-state index contributed by atoms with van der Waals surface area (Å²) in [5.74, 6) is -2.71. The number of carbonyl (C=O) groups excluding carboxylic acids is 3. The van der Waals surface area contributed by atoms with Gasteiger partial charge in [0.15, 0.2) is 0 Å². The van der Waals surface area contributed by atoms with Crippen molar-refractivity contribution in [1.82, 2.24) is 20.5 Å². The van der Waals surface area contributed by atoms with Crippen molar-refractivity contribution in [2.45, 2.75) is 18.3 Å². The standard InChI is InChI=1S/C21H17F3N4O3/c22-21(23,24)20(26-17(29)13-6-2-1-3-7-13)18(30)28(19(31)27-20)11-10-14-12-25-16-9-5-4-8-15(14)16/h1-9,12,25H,10-11H2,(H,26,29)(H,27,31)/t20-/m1/s1. The molecule has 160 valence electrons. The highest BCUT2D eigenvalue weighted by atomic mass is 19.4. The van der Waals surface area contributed by atoms with E-state index in [4.69, 9.17) is 0 Å². The fourth-order valence-electron chi connectivity index (χ4n) is 3.53. The Kier molecular flexibility index (Phi) is 4.92. The molecule has 0 radical (unpaired) electrons. The number of nitrogens with one attached hydrogen (secondary N) is 3. The molecule has 0 aliphatic carbocycles. The molecule has 1 aliphatic rings. The lowest BCUT2D eigenvalue weighted by Crippen LogP contribution is -2.69. The number of fused-ring (bicyclic) bond motifs is 1. The third kappa shape index (κ3) is 3.49. The van der Waals surface area contributed by atoms with Crippen LogP contribution >= 0.6 is 0 Å². The number of alkyl halides is 3. The van der Waals surface area contributed by atoms with Gasteiger partial charge < -0.3 is 10.3 Å². The van der Waals surface area contributed by atoms with E-state index in [1.54, 1.807) is 29.0 Å². The van der Waals surface area contributed by atoms with Crippen molar-refractivity contribution in [3.05, 3.63) is 71.9 Å². The number of H-pyrrole nitrogens is 1. The van der Waals surface area contributed by atoms with Crippen molar-refractivity contribution in [1.29, 1.82) is 0 Å². The van der Waals surface area contributed by atoms with Crippen LogP contribution in [-0.2, 0) is 11.2 Å². The van der Waals surface area contributed by atoms with E-state index in [0.29, 0.717) is 4.90 Å². The molecule has 0 unspecified atom stereocenters. The predicted octanol–water partition coefficient (Wildman–Crippen LogP) is 2.95. The van der Waals surface area contributed by atoms with Gasteiger partial charge in [0.1, 0.15) is 0 Å². The Morgan fingerprint density at radius 1 is 1.03 bits per heavy atom. The van der Waals surface area contributed by atoms with Gasteiger partial charge in [-0.3, -0.25) is 19.8 Å². The Bertz CT molecular complexity index is 1160. The first-order valence-electron chi connectivity index (χ1n) is 9.36. The lowest BCUT2D eigenvalue weighted by atomic mass is 10.1. The number of halogens is 3. The number of hydrogen-bond acceptors (Lipinski definition) is 3. The summed E-state index contributed by atoms with van der Waals surface area (Å²) in [6, 6.07) is 13.2. The zero-order chi connectivity index (χ0) is 22.2. The lowest BCUT2D eigenvalue weighted by molar-refractivity contribution is -0.200. The first-order chi connectivity index (χ1) is 14.7. The van der Waals surface area contributed by atoms with Crippen LogP contribution in [0.1, 0.15) is 15.9 Å². The highest BCUT2D eigenvalue weighted by molar-refractivity contribution is 6.10. The molecule has 1 atom stereocenters. The molecular formula is C21H17F3N4O3. The Hall–Kier alpha value is -3.82. The molecule has 4 amide bonds.